The summed E-state index contributed by atoms with van der Waals surface area (Å²) in [6, 6.07) is 15.3. The van der Waals surface area contributed by atoms with Crippen LogP contribution in [0.5, 0.6) is 0 Å². The Hall–Kier alpha value is -2.73. The lowest BCUT2D eigenvalue weighted by Crippen LogP contribution is -2.50. The van der Waals surface area contributed by atoms with Crippen LogP contribution in [0.3, 0.4) is 0 Å². The van der Waals surface area contributed by atoms with E-state index in [9.17, 15) is 14.0 Å². The van der Waals surface area contributed by atoms with Crippen molar-refractivity contribution in [2.75, 3.05) is 32.8 Å². The molecular formula is C23H25FN2O3. The summed E-state index contributed by atoms with van der Waals surface area (Å²) in [5.74, 6) is -0.528. The molecule has 2 aromatic rings. The number of piperidine rings is 1. The van der Waals surface area contributed by atoms with E-state index in [-0.39, 0.29) is 29.6 Å². The van der Waals surface area contributed by atoms with Gasteiger partial charge in [-0.2, -0.15) is 0 Å². The molecule has 0 unspecified atom stereocenters. The molecule has 2 saturated heterocycles. The van der Waals surface area contributed by atoms with Crippen LogP contribution in [0, 0.1) is 11.7 Å². The van der Waals surface area contributed by atoms with Crippen molar-refractivity contribution in [3.63, 3.8) is 0 Å². The molecule has 0 radical (unpaired) electrons. The quantitative estimate of drug-likeness (QED) is 0.800. The number of morpholine rings is 1. The smallest absolute Gasteiger partial charge is 0.254 e. The highest BCUT2D eigenvalue weighted by atomic mass is 19.1. The number of hydrogen-bond acceptors (Lipinski definition) is 3. The van der Waals surface area contributed by atoms with Crippen molar-refractivity contribution in [2.45, 2.75) is 18.9 Å². The van der Waals surface area contributed by atoms with Crippen molar-refractivity contribution in [1.29, 1.82) is 0 Å². The first-order valence-corrected chi connectivity index (χ1v) is 10.1. The third-order valence-electron chi connectivity index (χ3n) is 5.79. The third kappa shape index (κ3) is 4.32. The molecule has 2 amide bonds. The lowest BCUT2D eigenvalue weighted by molar-refractivity contribution is -0.141. The summed E-state index contributed by atoms with van der Waals surface area (Å²) in [5, 5.41) is 0. The first-order chi connectivity index (χ1) is 14.1. The van der Waals surface area contributed by atoms with Gasteiger partial charge < -0.3 is 14.5 Å². The molecular weight excluding hydrogens is 371 g/mol. The molecule has 2 atom stereocenters. The van der Waals surface area contributed by atoms with Crippen LogP contribution in [-0.4, -0.2) is 54.5 Å². The summed E-state index contributed by atoms with van der Waals surface area (Å²) in [7, 11) is 0. The molecule has 0 aromatic heterocycles. The number of ether oxygens (including phenoxy) is 1. The second-order valence-electron chi connectivity index (χ2n) is 7.60. The number of benzene rings is 2. The number of nitrogens with zero attached hydrogens (tertiary/aromatic N) is 2. The molecule has 2 aliphatic rings. The Labute approximate surface area is 170 Å². The molecule has 0 aliphatic carbocycles. The Morgan fingerprint density at radius 2 is 1.62 bits per heavy atom. The molecule has 5 nitrogen and oxygen atoms in total. The number of likely N-dealkylation sites (tertiary alicyclic amines) is 1. The van der Waals surface area contributed by atoms with Crippen LogP contribution < -0.4 is 0 Å². The molecule has 4 rings (SSSR count). The van der Waals surface area contributed by atoms with E-state index >= 15 is 0 Å². The largest absolute Gasteiger partial charge is 0.378 e. The van der Waals surface area contributed by atoms with E-state index in [4.69, 9.17) is 4.74 Å². The zero-order valence-corrected chi connectivity index (χ0v) is 16.3. The van der Waals surface area contributed by atoms with E-state index < -0.39 is 0 Å². The number of carbonyl (C=O) groups is 2. The normalized spacial score (nSPS) is 22.4. The number of amides is 2. The maximum atomic E-state index is 13.4. The first kappa shape index (κ1) is 19.6. The van der Waals surface area contributed by atoms with Crippen LogP contribution in [0.2, 0.25) is 0 Å². The van der Waals surface area contributed by atoms with Crippen LogP contribution in [-0.2, 0) is 9.53 Å². The number of carbonyl (C=O) groups excluding carboxylic acids is 2. The van der Waals surface area contributed by atoms with E-state index in [1.807, 2.05) is 23.1 Å². The number of hydrogen-bond donors (Lipinski definition) is 0. The molecule has 2 aromatic carbocycles. The number of halogens is 1. The fourth-order valence-corrected chi connectivity index (χ4v) is 4.22. The number of rotatable bonds is 3. The summed E-state index contributed by atoms with van der Waals surface area (Å²) in [4.78, 5) is 30.0. The minimum Gasteiger partial charge on any atom is -0.378 e. The van der Waals surface area contributed by atoms with Gasteiger partial charge in [0.15, 0.2) is 0 Å². The van der Waals surface area contributed by atoms with Gasteiger partial charge in [0.25, 0.3) is 5.91 Å². The van der Waals surface area contributed by atoms with Gasteiger partial charge in [-0.25, -0.2) is 4.39 Å². The molecule has 2 aliphatic heterocycles. The van der Waals surface area contributed by atoms with Gasteiger partial charge in [0.05, 0.1) is 25.2 Å². The standard InChI is InChI=1S/C23H25FN2O3/c24-20-9-6-17(7-10-20)21-11-8-19(22(27)25-12-14-29-15-13-25)16-26(21)23(28)18-4-2-1-3-5-18/h1-7,9-10,19,21H,8,11-16H2/t19-,21-/m0/s1. The SMILES string of the molecule is O=C([C@H]1CC[C@@H](c2ccc(F)cc2)N(C(=O)c2ccccc2)C1)N1CCOCC1. The highest BCUT2D eigenvalue weighted by Crippen LogP contribution is 2.35. The maximum absolute atomic E-state index is 13.4. The third-order valence-corrected chi connectivity index (χ3v) is 5.79. The predicted molar refractivity (Wildman–Crippen MR) is 107 cm³/mol. The summed E-state index contributed by atoms with van der Waals surface area (Å²) < 4.78 is 18.8. The molecule has 6 heteroatoms. The van der Waals surface area contributed by atoms with Gasteiger partial charge in [-0.15, -0.1) is 0 Å². The second kappa shape index (κ2) is 8.74. The van der Waals surface area contributed by atoms with Crippen LogP contribution in [0.4, 0.5) is 4.39 Å². The van der Waals surface area contributed by atoms with Crippen molar-refractivity contribution in [2.24, 2.45) is 5.92 Å². The molecule has 0 N–H and O–H groups in total. The molecule has 152 valence electrons. The van der Waals surface area contributed by atoms with E-state index in [0.717, 1.165) is 5.56 Å². The van der Waals surface area contributed by atoms with E-state index in [1.54, 1.807) is 29.2 Å². The summed E-state index contributed by atoms with van der Waals surface area (Å²) in [6.07, 6.45) is 1.38. The average molecular weight is 396 g/mol. The van der Waals surface area contributed by atoms with Crippen molar-refractivity contribution in [3.8, 4) is 0 Å². The van der Waals surface area contributed by atoms with Crippen molar-refractivity contribution in [3.05, 3.63) is 71.5 Å². The van der Waals surface area contributed by atoms with Crippen molar-refractivity contribution < 1.29 is 18.7 Å². The molecule has 0 saturated carbocycles. The van der Waals surface area contributed by atoms with Gasteiger partial charge in [-0.05, 0) is 42.7 Å². The Morgan fingerprint density at radius 3 is 2.31 bits per heavy atom. The zero-order valence-electron chi connectivity index (χ0n) is 16.3. The average Bonchev–Trinajstić information content (AvgIpc) is 2.79. The van der Waals surface area contributed by atoms with Gasteiger partial charge in [0.1, 0.15) is 5.82 Å². The molecule has 2 fully saturated rings. The Kier molecular flexibility index (Phi) is 5.90. The Balaban J connectivity index is 1.58. The van der Waals surface area contributed by atoms with Crippen LogP contribution in [0.25, 0.3) is 0 Å². The highest BCUT2D eigenvalue weighted by Gasteiger charge is 2.37. The minimum absolute atomic E-state index is 0.0942. The zero-order chi connectivity index (χ0) is 20.2. The first-order valence-electron chi connectivity index (χ1n) is 10.1. The van der Waals surface area contributed by atoms with Gasteiger partial charge >= 0.3 is 0 Å². The van der Waals surface area contributed by atoms with Crippen molar-refractivity contribution >= 4 is 11.8 Å². The van der Waals surface area contributed by atoms with Gasteiger partial charge in [-0.1, -0.05) is 30.3 Å². The van der Waals surface area contributed by atoms with Crippen molar-refractivity contribution in [1.82, 2.24) is 9.80 Å². The maximum Gasteiger partial charge on any atom is 0.254 e. The van der Waals surface area contributed by atoms with E-state index in [2.05, 4.69) is 0 Å². The topological polar surface area (TPSA) is 49.9 Å². The summed E-state index contributed by atoms with van der Waals surface area (Å²) in [6.45, 7) is 2.69. The van der Waals surface area contributed by atoms with Crippen LogP contribution >= 0.6 is 0 Å². The Bertz CT molecular complexity index is 850. The van der Waals surface area contributed by atoms with Crippen LogP contribution in [0.1, 0.15) is 34.8 Å². The minimum atomic E-state index is -0.300. The lowest BCUT2D eigenvalue weighted by Gasteiger charge is -2.41. The second-order valence-corrected chi connectivity index (χ2v) is 7.60. The molecule has 0 spiro atoms. The lowest BCUT2D eigenvalue weighted by atomic mass is 9.87. The van der Waals surface area contributed by atoms with Gasteiger partial charge in [-0.3, -0.25) is 9.59 Å². The summed E-state index contributed by atoms with van der Waals surface area (Å²) >= 11 is 0. The molecule has 0 bridgehead atoms. The fraction of sp³-hybridized carbons (Fsp3) is 0.391. The van der Waals surface area contributed by atoms with E-state index in [1.165, 1.54) is 12.1 Å². The Morgan fingerprint density at radius 1 is 0.931 bits per heavy atom. The summed E-state index contributed by atoms with van der Waals surface area (Å²) in [5.41, 5.74) is 1.49. The van der Waals surface area contributed by atoms with Crippen LogP contribution in [0.15, 0.2) is 54.6 Å². The van der Waals surface area contributed by atoms with E-state index in [0.29, 0.717) is 51.3 Å². The van der Waals surface area contributed by atoms with Gasteiger partial charge in [0, 0.05) is 25.2 Å². The monoisotopic (exact) mass is 396 g/mol. The fourth-order valence-electron chi connectivity index (χ4n) is 4.22. The molecule has 29 heavy (non-hydrogen) atoms. The van der Waals surface area contributed by atoms with Gasteiger partial charge in [0.2, 0.25) is 5.91 Å². The molecule has 2 heterocycles. The predicted octanol–water partition coefficient (Wildman–Crippen LogP) is 3.28. The highest BCUT2D eigenvalue weighted by molar-refractivity contribution is 5.95.